The Labute approximate surface area is 166 Å². The molecule has 0 fully saturated rings. The van der Waals surface area contributed by atoms with Gasteiger partial charge in [-0.2, -0.15) is 0 Å². The quantitative estimate of drug-likeness (QED) is 0.773. The molecule has 0 radical (unpaired) electrons. The van der Waals surface area contributed by atoms with Crippen LogP contribution in [0.3, 0.4) is 0 Å². The van der Waals surface area contributed by atoms with E-state index in [2.05, 4.69) is 17.4 Å². The average molecular weight is 403 g/mol. The Kier molecular flexibility index (Phi) is 5.93. The lowest BCUT2D eigenvalue weighted by Gasteiger charge is -2.23. The van der Waals surface area contributed by atoms with E-state index in [9.17, 15) is 13.2 Å². The first-order valence-electron chi connectivity index (χ1n) is 9.31. The van der Waals surface area contributed by atoms with E-state index in [0.29, 0.717) is 11.4 Å². The number of fused-ring (bicyclic) bond motifs is 1. The minimum atomic E-state index is -3.63. The molecule has 0 aromatic heterocycles. The van der Waals surface area contributed by atoms with Crippen molar-refractivity contribution in [1.29, 1.82) is 0 Å². The van der Waals surface area contributed by atoms with Gasteiger partial charge in [-0.15, -0.1) is 0 Å². The van der Waals surface area contributed by atoms with Gasteiger partial charge in [0.2, 0.25) is 15.9 Å². The lowest BCUT2D eigenvalue weighted by atomic mass is 10.0. The molecular weight excluding hydrogens is 376 g/mol. The SMILES string of the molecule is COc1cccc(N(CC(=O)N[C@@H](C)c2ccc3c(c2)CCC3)S(C)(=O)=O)c1. The van der Waals surface area contributed by atoms with Crippen LogP contribution in [-0.4, -0.2) is 34.2 Å². The van der Waals surface area contributed by atoms with Crippen LogP contribution in [0.5, 0.6) is 5.75 Å². The van der Waals surface area contributed by atoms with Gasteiger partial charge in [-0.3, -0.25) is 9.10 Å². The molecule has 2 aromatic carbocycles. The van der Waals surface area contributed by atoms with E-state index in [1.165, 1.54) is 24.7 Å². The van der Waals surface area contributed by atoms with E-state index in [4.69, 9.17) is 4.74 Å². The fourth-order valence-electron chi connectivity index (χ4n) is 3.53. The van der Waals surface area contributed by atoms with E-state index in [-0.39, 0.29) is 18.5 Å². The summed E-state index contributed by atoms with van der Waals surface area (Å²) < 4.78 is 30.8. The predicted octanol–water partition coefficient (Wildman–Crippen LogP) is 2.83. The van der Waals surface area contributed by atoms with Gasteiger partial charge in [0.25, 0.3) is 0 Å². The molecule has 7 heteroatoms. The van der Waals surface area contributed by atoms with Crippen LogP contribution in [0.15, 0.2) is 42.5 Å². The van der Waals surface area contributed by atoms with Gasteiger partial charge in [-0.05, 0) is 55.0 Å². The molecule has 6 nitrogen and oxygen atoms in total. The van der Waals surface area contributed by atoms with Crippen molar-refractivity contribution < 1.29 is 17.9 Å². The highest BCUT2D eigenvalue weighted by Crippen LogP contribution is 2.26. The molecule has 0 bridgehead atoms. The zero-order valence-electron chi connectivity index (χ0n) is 16.4. The Bertz CT molecular complexity index is 972. The Morgan fingerprint density at radius 1 is 1.18 bits per heavy atom. The average Bonchev–Trinajstić information content (AvgIpc) is 3.13. The van der Waals surface area contributed by atoms with Crippen molar-refractivity contribution in [2.24, 2.45) is 0 Å². The van der Waals surface area contributed by atoms with Crippen LogP contribution in [-0.2, 0) is 27.7 Å². The molecular formula is C21H26N2O4S. The zero-order chi connectivity index (χ0) is 20.3. The first kappa shape index (κ1) is 20.2. The number of nitrogens with one attached hydrogen (secondary N) is 1. The molecule has 28 heavy (non-hydrogen) atoms. The molecule has 1 aliphatic rings. The lowest BCUT2D eigenvalue weighted by Crippen LogP contribution is -2.41. The maximum atomic E-state index is 12.6. The van der Waals surface area contributed by atoms with E-state index in [0.717, 1.165) is 29.0 Å². The molecule has 2 aromatic rings. The van der Waals surface area contributed by atoms with Crippen molar-refractivity contribution in [1.82, 2.24) is 5.32 Å². The highest BCUT2D eigenvalue weighted by atomic mass is 32.2. The topological polar surface area (TPSA) is 75.7 Å². The van der Waals surface area contributed by atoms with E-state index >= 15 is 0 Å². The molecule has 0 spiro atoms. The van der Waals surface area contributed by atoms with Gasteiger partial charge < -0.3 is 10.1 Å². The Morgan fingerprint density at radius 2 is 1.93 bits per heavy atom. The first-order chi connectivity index (χ1) is 13.3. The molecule has 1 atom stereocenters. The number of rotatable bonds is 7. The van der Waals surface area contributed by atoms with Crippen molar-refractivity contribution in [3.05, 3.63) is 59.2 Å². The first-order valence-corrected chi connectivity index (χ1v) is 11.2. The van der Waals surface area contributed by atoms with Crippen molar-refractivity contribution in [3.8, 4) is 5.75 Å². The number of hydrogen-bond acceptors (Lipinski definition) is 4. The number of aryl methyl sites for hydroxylation is 2. The summed E-state index contributed by atoms with van der Waals surface area (Å²) in [7, 11) is -2.12. The number of carbonyl (C=O) groups is 1. The maximum Gasteiger partial charge on any atom is 0.241 e. The summed E-state index contributed by atoms with van der Waals surface area (Å²) in [5, 5.41) is 2.91. The van der Waals surface area contributed by atoms with Crippen LogP contribution in [0, 0.1) is 0 Å². The number of nitrogens with zero attached hydrogens (tertiary/aromatic N) is 1. The summed E-state index contributed by atoms with van der Waals surface area (Å²) in [4.78, 5) is 12.6. The lowest BCUT2D eigenvalue weighted by molar-refractivity contribution is -0.120. The minimum absolute atomic E-state index is 0.204. The smallest absolute Gasteiger partial charge is 0.241 e. The van der Waals surface area contributed by atoms with E-state index < -0.39 is 10.0 Å². The van der Waals surface area contributed by atoms with Crippen LogP contribution < -0.4 is 14.4 Å². The van der Waals surface area contributed by atoms with Gasteiger partial charge in [0.1, 0.15) is 12.3 Å². The standard InChI is InChI=1S/C21H26N2O4S/c1-15(17-11-10-16-6-4-7-18(16)12-17)22-21(24)14-23(28(3,25)26)19-8-5-9-20(13-19)27-2/h5,8-13,15H,4,6-7,14H2,1-3H3,(H,22,24)/t15-/m0/s1. The monoisotopic (exact) mass is 402 g/mol. The van der Waals surface area contributed by atoms with Crippen LogP contribution >= 0.6 is 0 Å². The summed E-state index contributed by atoms with van der Waals surface area (Å²) >= 11 is 0. The highest BCUT2D eigenvalue weighted by molar-refractivity contribution is 7.92. The molecule has 0 saturated carbocycles. The number of methoxy groups -OCH3 is 1. The number of carbonyl (C=O) groups excluding carboxylic acids is 1. The Morgan fingerprint density at radius 3 is 2.64 bits per heavy atom. The summed E-state index contributed by atoms with van der Waals surface area (Å²) in [6, 6.07) is 12.7. The molecule has 1 aliphatic carbocycles. The van der Waals surface area contributed by atoms with Crippen LogP contribution in [0.4, 0.5) is 5.69 Å². The van der Waals surface area contributed by atoms with Gasteiger partial charge in [-0.25, -0.2) is 8.42 Å². The van der Waals surface area contributed by atoms with Crippen LogP contribution in [0.1, 0.15) is 36.1 Å². The number of sulfonamides is 1. The third kappa shape index (κ3) is 4.65. The summed E-state index contributed by atoms with van der Waals surface area (Å²) in [5.41, 5.74) is 4.14. The molecule has 0 aliphatic heterocycles. The molecule has 3 rings (SSSR count). The van der Waals surface area contributed by atoms with Crippen LogP contribution in [0.2, 0.25) is 0 Å². The number of anilines is 1. The number of hydrogen-bond donors (Lipinski definition) is 1. The van der Waals surface area contributed by atoms with Crippen molar-refractivity contribution >= 4 is 21.6 Å². The zero-order valence-corrected chi connectivity index (χ0v) is 17.3. The number of benzene rings is 2. The molecule has 1 amide bonds. The summed E-state index contributed by atoms with van der Waals surface area (Å²) in [6.07, 6.45) is 4.44. The summed E-state index contributed by atoms with van der Waals surface area (Å²) in [6.45, 7) is 1.62. The van der Waals surface area contributed by atoms with Crippen molar-refractivity contribution in [3.63, 3.8) is 0 Å². The normalized spacial score (nSPS) is 14.2. The number of ether oxygens (including phenoxy) is 1. The second-order valence-corrected chi connectivity index (χ2v) is 9.05. The minimum Gasteiger partial charge on any atom is -0.497 e. The van der Waals surface area contributed by atoms with Gasteiger partial charge in [0.05, 0.1) is 25.1 Å². The fourth-order valence-corrected chi connectivity index (χ4v) is 4.38. The van der Waals surface area contributed by atoms with Gasteiger partial charge in [0.15, 0.2) is 0 Å². The molecule has 0 unspecified atom stereocenters. The Balaban J connectivity index is 1.73. The second-order valence-electron chi connectivity index (χ2n) is 7.14. The van der Waals surface area contributed by atoms with Gasteiger partial charge in [0, 0.05) is 6.07 Å². The fraction of sp³-hybridized carbons (Fsp3) is 0.381. The third-order valence-electron chi connectivity index (χ3n) is 5.03. The van der Waals surface area contributed by atoms with E-state index in [1.54, 1.807) is 24.3 Å². The molecule has 1 N–H and O–H groups in total. The van der Waals surface area contributed by atoms with E-state index in [1.807, 2.05) is 13.0 Å². The maximum absolute atomic E-state index is 12.6. The van der Waals surface area contributed by atoms with Crippen molar-refractivity contribution in [2.75, 3.05) is 24.2 Å². The van der Waals surface area contributed by atoms with Crippen LogP contribution in [0.25, 0.3) is 0 Å². The predicted molar refractivity (Wildman–Crippen MR) is 110 cm³/mol. The Hall–Kier alpha value is -2.54. The third-order valence-corrected chi connectivity index (χ3v) is 6.17. The van der Waals surface area contributed by atoms with Gasteiger partial charge in [-0.1, -0.05) is 24.3 Å². The highest BCUT2D eigenvalue weighted by Gasteiger charge is 2.22. The summed E-state index contributed by atoms with van der Waals surface area (Å²) in [5.74, 6) is 0.166. The van der Waals surface area contributed by atoms with Gasteiger partial charge >= 0.3 is 0 Å². The number of amides is 1. The molecule has 0 saturated heterocycles. The second kappa shape index (κ2) is 8.22. The molecule has 150 valence electrons. The van der Waals surface area contributed by atoms with Crippen molar-refractivity contribution in [2.45, 2.75) is 32.2 Å². The largest absolute Gasteiger partial charge is 0.497 e. The molecule has 0 heterocycles.